The van der Waals surface area contributed by atoms with Gasteiger partial charge in [0.15, 0.2) is 0 Å². The summed E-state index contributed by atoms with van der Waals surface area (Å²) in [7, 11) is 0. The standard InChI is InChI=1S/C15H14F3N3O5/c16-15(17,18)26-12-3-1-10(2-4-12)24-8-6-11-5-7-20-9-13(21(22)23)19-14(20)25-11/h1-4,9,11H,5-8H2/t11-/m1/s1. The van der Waals surface area contributed by atoms with E-state index in [1.165, 1.54) is 18.3 Å². The Hall–Kier alpha value is -2.98. The topological polar surface area (TPSA) is 88.7 Å². The second-order valence-corrected chi connectivity index (χ2v) is 5.52. The molecular formula is C15H14F3N3O5. The van der Waals surface area contributed by atoms with Crippen molar-refractivity contribution in [2.75, 3.05) is 6.61 Å². The number of rotatable bonds is 6. The number of ether oxygens (including phenoxy) is 3. The van der Waals surface area contributed by atoms with E-state index in [-0.39, 0.29) is 30.3 Å². The molecule has 0 fully saturated rings. The molecule has 0 spiro atoms. The number of fused-ring (bicyclic) bond motifs is 1. The van der Waals surface area contributed by atoms with Gasteiger partial charge in [0.1, 0.15) is 23.8 Å². The van der Waals surface area contributed by atoms with E-state index in [2.05, 4.69) is 9.72 Å². The van der Waals surface area contributed by atoms with Crippen LogP contribution in [0, 0.1) is 10.1 Å². The summed E-state index contributed by atoms with van der Waals surface area (Å²) in [6, 6.07) is 5.27. The minimum Gasteiger partial charge on any atom is -0.493 e. The van der Waals surface area contributed by atoms with Crippen molar-refractivity contribution >= 4 is 5.82 Å². The van der Waals surface area contributed by atoms with Crippen molar-refractivity contribution in [3.8, 4) is 17.5 Å². The fourth-order valence-corrected chi connectivity index (χ4v) is 2.47. The number of alkyl halides is 3. The van der Waals surface area contributed by atoms with E-state index in [9.17, 15) is 23.3 Å². The number of aromatic nitrogens is 2. The molecule has 2 heterocycles. The van der Waals surface area contributed by atoms with Crippen molar-refractivity contribution in [2.24, 2.45) is 0 Å². The fourth-order valence-electron chi connectivity index (χ4n) is 2.47. The van der Waals surface area contributed by atoms with Gasteiger partial charge < -0.3 is 24.3 Å². The molecule has 3 rings (SSSR count). The summed E-state index contributed by atoms with van der Waals surface area (Å²) >= 11 is 0. The van der Waals surface area contributed by atoms with Crippen LogP contribution in [-0.4, -0.2) is 33.5 Å². The summed E-state index contributed by atoms with van der Waals surface area (Å²) in [5.41, 5.74) is 0. The first kappa shape index (κ1) is 17.8. The van der Waals surface area contributed by atoms with E-state index < -0.39 is 11.3 Å². The first-order valence-corrected chi connectivity index (χ1v) is 7.67. The van der Waals surface area contributed by atoms with Gasteiger partial charge in [-0.1, -0.05) is 0 Å². The van der Waals surface area contributed by atoms with Gasteiger partial charge >= 0.3 is 18.2 Å². The molecule has 1 aromatic carbocycles. The number of benzene rings is 1. The first-order chi connectivity index (χ1) is 12.3. The molecule has 8 nitrogen and oxygen atoms in total. The lowest BCUT2D eigenvalue weighted by atomic mass is 10.2. The number of nitro groups is 1. The molecule has 1 aliphatic heterocycles. The summed E-state index contributed by atoms with van der Waals surface area (Å²) < 4.78 is 52.7. The van der Waals surface area contributed by atoms with E-state index in [0.29, 0.717) is 25.1 Å². The van der Waals surface area contributed by atoms with Gasteiger partial charge in [-0.05, 0) is 29.2 Å². The molecule has 1 aliphatic rings. The van der Waals surface area contributed by atoms with Crippen LogP contribution < -0.4 is 14.2 Å². The SMILES string of the molecule is O=[N+]([O-])c1cn2c(n1)O[C@@H](CCOc1ccc(OC(F)(F)F)cc1)CC2. The first-order valence-electron chi connectivity index (χ1n) is 7.67. The molecule has 140 valence electrons. The van der Waals surface area contributed by atoms with Crippen LogP contribution in [0.25, 0.3) is 0 Å². The summed E-state index contributed by atoms with van der Waals surface area (Å²) in [5, 5.41) is 10.7. The quantitative estimate of drug-likeness (QED) is 0.570. The van der Waals surface area contributed by atoms with Crippen molar-refractivity contribution in [2.45, 2.75) is 31.9 Å². The normalized spacial score (nSPS) is 16.5. The number of hydrogen-bond acceptors (Lipinski definition) is 6. The van der Waals surface area contributed by atoms with E-state index in [1.54, 1.807) is 4.57 Å². The summed E-state index contributed by atoms with van der Waals surface area (Å²) in [6.07, 6.45) is -2.48. The highest BCUT2D eigenvalue weighted by atomic mass is 19.4. The Morgan fingerprint density at radius 3 is 2.65 bits per heavy atom. The van der Waals surface area contributed by atoms with Crippen LogP contribution in [0.1, 0.15) is 12.8 Å². The molecule has 1 aromatic heterocycles. The predicted molar refractivity (Wildman–Crippen MR) is 81.2 cm³/mol. The Morgan fingerprint density at radius 1 is 1.31 bits per heavy atom. The van der Waals surface area contributed by atoms with Crippen LogP contribution in [-0.2, 0) is 6.54 Å². The number of aryl methyl sites for hydroxylation is 1. The van der Waals surface area contributed by atoms with Crippen LogP contribution in [0.15, 0.2) is 30.5 Å². The lowest BCUT2D eigenvalue weighted by molar-refractivity contribution is -0.389. The molecule has 0 N–H and O–H groups in total. The van der Waals surface area contributed by atoms with Crippen molar-refractivity contribution < 1.29 is 32.3 Å². The average Bonchev–Trinajstić information content (AvgIpc) is 2.99. The Balaban J connectivity index is 1.47. The van der Waals surface area contributed by atoms with Crippen molar-refractivity contribution in [1.82, 2.24) is 9.55 Å². The van der Waals surface area contributed by atoms with Crippen LogP contribution in [0.3, 0.4) is 0 Å². The maximum absolute atomic E-state index is 12.1. The maximum atomic E-state index is 12.1. The lowest BCUT2D eigenvalue weighted by Gasteiger charge is -2.22. The minimum absolute atomic E-state index is 0.196. The Bertz CT molecular complexity index is 776. The van der Waals surface area contributed by atoms with Gasteiger partial charge in [-0.15, -0.1) is 13.2 Å². The molecular weight excluding hydrogens is 359 g/mol. The molecule has 26 heavy (non-hydrogen) atoms. The largest absolute Gasteiger partial charge is 0.573 e. The summed E-state index contributed by atoms with van der Waals surface area (Å²) in [4.78, 5) is 13.9. The van der Waals surface area contributed by atoms with Gasteiger partial charge in [0.25, 0.3) is 0 Å². The third-order valence-corrected chi connectivity index (χ3v) is 3.64. The summed E-state index contributed by atoms with van der Waals surface area (Å²) in [6.45, 7) is 0.817. The van der Waals surface area contributed by atoms with E-state index in [0.717, 1.165) is 12.1 Å². The van der Waals surface area contributed by atoms with E-state index in [1.807, 2.05) is 0 Å². The second kappa shape index (κ2) is 7.10. The van der Waals surface area contributed by atoms with Crippen molar-refractivity contribution in [3.05, 3.63) is 40.6 Å². The molecule has 0 radical (unpaired) electrons. The second-order valence-electron chi connectivity index (χ2n) is 5.52. The molecule has 0 saturated heterocycles. The molecule has 0 amide bonds. The van der Waals surface area contributed by atoms with Crippen LogP contribution in [0.4, 0.5) is 19.0 Å². The third kappa shape index (κ3) is 4.55. The summed E-state index contributed by atoms with van der Waals surface area (Å²) in [5.74, 6) is -0.195. The van der Waals surface area contributed by atoms with Crippen LogP contribution >= 0.6 is 0 Å². The Morgan fingerprint density at radius 2 is 2.00 bits per heavy atom. The molecule has 0 aliphatic carbocycles. The van der Waals surface area contributed by atoms with E-state index >= 15 is 0 Å². The predicted octanol–water partition coefficient (Wildman–Crippen LogP) is 3.31. The smallest absolute Gasteiger partial charge is 0.493 e. The lowest BCUT2D eigenvalue weighted by Crippen LogP contribution is -2.27. The molecule has 0 bridgehead atoms. The van der Waals surface area contributed by atoms with Gasteiger partial charge in [-0.3, -0.25) is 4.57 Å². The van der Waals surface area contributed by atoms with Gasteiger partial charge in [-0.25, -0.2) is 0 Å². The fraction of sp³-hybridized carbons (Fsp3) is 0.400. The van der Waals surface area contributed by atoms with Gasteiger partial charge in [0.2, 0.25) is 0 Å². The zero-order valence-corrected chi connectivity index (χ0v) is 13.3. The number of halogens is 3. The molecule has 1 atom stereocenters. The number of imidazole rings is 1. The van der Waals surface area contributed by atoms with Crippen LogP contribution in [0.2, 0.25) is 0 Å². The van der Waals surface area contributed by atoms with Gasteiger partial charge in [0.05, 0.1) is 6.61 Å². The number of hydrogen-bond donors (Lipinski definition) is 0. The van der Waals surface area contributed by atoms with Gasteiger partial charge in [-0.2, -0.15) is 0 Å². The maximum Gasteiger partial charge on any atom is 0.573 e. The van der Waals surface area contributed by atoms with Gasteiger partial charge in [0, 0.05) is 24.4 Å². The zero-order valence-electron chi connectivity index (χ0n) is 13.3. The molecule has 0 unspecified atom stereocenters. The van der Waals surface area contributed by atoms with Crippen molar-refractivity contribution in [3.63, 3.8) is 0 Å². The minimum atomic E-state index is -4.73. The highest BCUT2D eigenvalue weighted by Crippen LogP contribution is 2.26. The number of nitrogens with zero attached hydrogens (tertiary/aromatic N) is 3. The zero-order chi connectivity index (χ0) is 18.7. The average molecular weight is 373 g/mol. The highest BCUT2D eigenvalue weighted by molar-refractivity contribution is 5.31. The molecule has 0 saturated carbocycles. The monoisotopic (exact) mass is 373 g/mol. The Kier molecular flexibility index (Phi) is 4.87. The Labute approximate surface area is 145 Å². The van der Waals surface area contributed by atoms with Crippen molar-refractivity contribution in [1.29, 1.82) is 0 Å². The van der Waals surface area contributed by atoms with E-state index in [4.69, 9.17) is 9.47 Å². The molecule has 2 aromatic rings. The molecule has 11 heteroatoms. The highest BCUT2D eigenvalue weighted by Gasteiger charge is 2.31. The van der Waals surface area contributed by atoms with Crippen LogP contribution in [0.5, 0.6) is 17.5 Å². The third-order valence-electron chi connectivity index (χ3n) is 3.64.